The molecule has 78 valence electrons. The van der Waals surface area contributed by atoms with Gasteiger partial charge in [0.2, 0.25) is 0 Å². The third kappa shape index (κ3) is 4.11. The Morgan fingerprint density at radius 3 is 0.833 bits per heavy atom. The van der Waals surface area contributed by atoms with Gasteiger partial charge >= 0.3 is 0 Å². The minimum atomic E-state index is -1.81. The van der Waals surface area contributed by atoms with E-state index in [1.54, 1.807) is 0 Å². The van der Waals surface area contributed by atoms with Crippen LogP contribution in [-0.4, -0.2) is 15.3 Å². The maximum Gasteiger partial charge on any atom is 0.0601 e. The third-order valence-corrected chi connectivity index (χ3v) is 18.9. The fraction of sp³-hybridized carbons (Fsp3) is 1.00. The molecule has 0 N–H and O–H groups in total. The van der Waals surface area contributed by atoms with Crippen LogP contribution in [0, 0.1) is 0 Å². The molecule has 0 aliphatic carbocycles. The summed E-state index contributed by atoms with van der Waals surface area (Å²) in [6, 6.07) is 0. The number of hydrogen-bond acceptors (Lipinski definition) is 0. The SMILES string of the molecule is ClS1(Cl)CS(Cl)(Cl)CS(Cl)(Cl)C1. The molecule has 9 heteroatoms. The van der Waals surface area contributed by atoms with Crippen LogP contribution in [-0.2, 0) is 0 Å². The van der Waals surface area contributed by atoms with Crippen molar-refractivity contribution in [2.45, 2.75) is 0 Å². The molecule has 0 aromatic heterocycles. The zero-order chi connectivity index (χ0) is 9.62. The largest absolute Gasteiger partial charge is 0.0641 e. The quantitative estimate of drug-likeness (QED) is 0.487. The van der Waals surface area contributed by atoms with E-state index in [9.17, 15) is 0 Å². The van der Waals surface area contributed by atoms with Gasteiger partial charge in [0, 0.05) is 0 Å². The molecule has 1 heterocycles. The van der Waals surface area contributed by atoms with Gasteiger partial charge < -0.3 is 0 Å². The highest BCUT2D eigenvalue weighted by Crippen LogP contribution is 2.88. The fourth-order valence-corrected chi connectivity index (χ4v) is 30.9. The molecule has 0 aromatic carbocycles. The molecule has 0 unspecified atom stereocenters. The lowest BCUT2D eigenvalue weighted by molar-refractivity contribution is 1.97. The van der Waals surface area contributed by atoms with Crippen molar-refractivity contribution in [1.82, 2.24) is 0 Å². The van der Waals surface area contributed by atoms with Gasteiger partial charge in [-0.25, -0.2) is 0 Å². The Morgan fingerprint density at radius 1 is 0.500 bits per heavy atom. The average Bonchev–Trinajstić information content (AvgIpc) is 1.44. The van der Waals surface area contributed by atoms with Crippen LogP contribution in [0.2, 0.25) is 0 Å². The van der Waals surface area contributed by atoms with Crippen LogP contribution < -0.4 is 0 Å². The van der Waals surface area contributed by atoms with Crippen LogP contribution in [0.3, 0.4) is 0 Å². The van der Waals surface area contributed by atoms with E-state index in [1.165, 1.54) is 0 Å². The highest BCUT2D eigenvalue weighted by atomic mass is 36.0. The number of hydrogen-bond donors (Lipinski definition) is 0. The lowest BCUT2D eigenvalue weighted by Gasteiger charge is -2.47. The fourth-order valence-electron chi connectivity index (χ4n) is 0.859. The van der Waals surface area contributed by atoms with Crippen molar-refractivity contribution in [3.63, 3.8) is 0 Å². The summed E-state index contributed by atoms with van der Waals surface area (Å²) in [5.41, 5.74) is 0. The van der Waals surface area contributed by atoms with E-state index >= 15 is 0 Å². The highest BCUT2D eigenvalue weighted by molar-refractivity contribution is 8.90. The van der Waals surface area contributed by atoms with Crippen LogP contribution in [0.25, 0.3) is 0 Å². The molecule has 12 heavy (non-hydrogen) atoms. The predicted octanol–water partition coefficient (Wildman–Crippen LogP) is 6.21. The van der Waals surface area contributed by atoms with E-state index in [0.29, 0.717) is 15.3 Å². The van der Waals surface area contributed by atoms with E-state index in [2.05, 4.69) is 0 Å². The molecule has 0 nitrogen and oxygen atoms in total. The highest BCUT2D eigenvalue weighted by Gasteiger charge is 2.44. The van der Waals surface area contributed by atoms with E-state index < -0.39 is 25.4 Å². The lowest BCUT2D eigenvalue weighted by Crippen LogP contribution is -2.13. The zero-order valence-corrected chi connectivity index (χ0v) is 12.6. The van der Waals surface area contributed by atoms with Gasteiger partial charge in [0.05, 0.1) is 15.3 Å². The van der Waals surface area contributed by atoms with Crippen molar-refractivity contribution in [3.05, 3.63) is 0 Å². The summed E-state index contributed by atoms with van der Waals surface area (Å²) >= 11 is 0. The molecule has 1 rings (SSSR count). The molecule has 0 aromatic rings. The summed E-state index contributed by atoms with van der Waals surface area (Å²) in [6.07, 6.45) is 0. The number of halogens is 6. The molecule has 0 atom stereocenters. The first-order valence-electron chi connectivity index (χ1n) is 2.66. The summed E-state index contributed by atoms with van der Waals surface area (Å²) in [4.78, 5) is 0. The van der Waals surface area contributed by atoms with Crippen LogP contribution in [0.15, 0.2) is 0 Å². The molecule has 0 amide bonds. The summed E-state index contributed by atoms with van der Waals surface area (Å²) in [7, 11) is 30.5. The topological polar surface area (TPSA) is 0 Å². The van der Waals surface area contributed by atoms with Crippen molar-refractivity contribution in [1.29, 1.82) is 0 Å². The van der Waals surface area contributed by atoms with E-state index in [0.717, 1.165) is 0 Å². The smallest absolute Gasteiger partial charge is 0.0601 e. The first kappa shape index (κ1) is 12.9. The molecular formula is C3H6Cl6S3. The van der Waals surface area contributed by atoms with E-state index in [4.69, 9.17) is 64.1 Å². The molecule has 0 spiro atoms. The second-order valence-corrected chi connectivity index (χ2v) is 21.5. The second-order valence-electron chi connectivity index (χ2n) is 2.45. The lowest BCUT2D eigenvalue weighted by atomic mass is 11.8. The Morgan fingerprint density at radius 2 is 0.667 bits per heavy atom. The predicted molar refractivity (Wildman–Crippen MR) is 72.5 cm³/mol. The van der Waals surface area contributed by atoms with Gasteiger partial charge in [0.25, 0.3) is 0 Å². The third-order valence-electron chi connectivity index (χ3n) is 1.03. The number of rotatable bonds is 0. The Balaban J connectivity index is 2.81. The maximum atomic E-state index is 5.99. The Kier molecular flexibility index (Phi) is 4.27. The molecule has 1 aliphatic heterocycles. The van der Waals surface area contributed by atoms with Gasteiger partial charge in [-0.3, -0.25) is 0 Å². The monoisotopic (exact) mass is 348 g/mol. The van der Waals surface area contributed by atoms with E-state index in [-0.39, 0.29) is 0 Å². The van der Waals surface area contributed by atoms with Gasteiger partial charge in [0.15, 0.2) is 0 Å². The maximum absolute atomic E-state index is 5.99. The van der Waals surface area contributed by atoms with Crippen molar-refractivity contribution in [2.24, 2.45) is 0 Å². The van der Waals surface area contributed by atoms with Crippen molar-refractivity contribution in [3.8, 4) is 0 Å². The van der Waals surface area contributed by atoms with Crippen LogP contribution in [0.1, 0.15) is 0 Å². The first-order chi connectivity index (χ1) is 5.12. The van der Waals surface area contributed by atoms with Crippen molar-refractivity contribution in [2.75, 3.05) is 15.3 Å². The van der Waals surface area contributed by atoms with Gasteiger partial charge in [-0.15, -0.1) is 0 Å². The Bertz CT molecular complexity index is 145. The summed E-state index contributed by atoms with van der Waals surface area (Å²) in [6.45, 7) is 0. The second kappa shape index (κ2) is 3.99. The van der Waals surface area contributed by atoms with Gasteiger partial charge in [-0.05, 0) is 64.1 Å². The summed E-state index contributed by atoms with van der Waals surface area (Å²) in [5, 5.41) is 1.38. The van der Waals surface area contributed by atoms with Crippen molar-refractivity contribution < 1.29 is 0 Å². The van der Waals surface area contributed by atoms with E-state index in [1.807, 2.05) is 0 Å². The minimum absolute atomic E-state index is 0.459. The minimum Gasteiger partial charge on any atom is -0.0641 e. The van der Waals surface area contributed by atoms with Crippen LogP contribution in [0.4, 0.5) is 0 Å². The normalized spacial score (nSPS) is 39.5. The molecule has 1 fully saturated rings. The van der Waals surface area contributed by atoms with Crippen LogP contribution in [0.5, 0.6) is 0 Å². The molecule has 1 saturated heterocycles. The van der Waals surface area contributed by atoms with Gasteiger partial charge in [-0.1, -0.05) is 25.4 Å². The van der Waals surface area contributed by atoms with Gasteiger partial charge in [0.1, 0.15) is 0 Å². The molecule has 0 saturated carbocycles. The van der Waals surface area contributed by atoms with Gasteiger partial charge in [-0.2, -0.15) is 0 Å². The average molecular weight is 351 g/mol. The zero-order valence-electron chi connectivity index (χ0n) is 5.61. The Hall–Kier alpha value is 2.79. The summed E-state index contributed by atoms with van der Waals surface area (Å²) in [5.74, 6) is 0. The van der Waals surface area contributed by atoms with Crippen molar-refractivity contribution >= 4 is 89.5 Å². The molecule has 0 bridgehead atoms. The first-order valence-corrected chi connectivity index (χ1v) is 13.5. The standard InChI is InChI=1S/C3H6Cl6S3/c4-10(5)1-11(6,7)3-12(8,9)2-10/h1-3H2. The Labute approximate surface area is 103 Å². The van der Waals surface area contributed by atoms with Crippen LogP contribution >= 0.6 is 89.5 Å². The summed E-state index contributed by atoms with van der Waals surface area (Å²) < 4.78 is 0. The molecular weight excluding hydrogens is 345 g/mol. The molecule has 0 radical (unpaired) electrons. The molecule has 1 aliphatic rings.